The average Bonchev–Trinajstić information content (AvgIpc) is 4.12. The van der Waals surface area contributed by atoms with Crippen LogP contribution in [0.3, 0.4) is 0 Å². The number of anilines is 3. The highest BCUT2D eigenvalue weighted by Gasteiger charge is 2.52. The Morgan fingerprint density at radius 2 is 1.21 bits per heavy atom. The predicted molar refractivity (Wildman–Crippen MR) is 253 cm³/mol. The van der Waals surface area contributed by atoms with E-state index in [1.54, 1.807) is 5.19 Å². The zero-order chi connectivity index (χ0) is 38.1. The summed E-state index contributed by atoms with van der Waals surface area (Å²) in [4.78, 5) is 5.43. The fourth-order valence-corrected chi connectivity index (χ4v) is 18.3. The molecule has 0 saturated heterocycles. The van der Waals surface area contributed by atoms with Crippen molar-refractivity contribution in [2.45, 2.75) is 31.4 Å². The van der Waals surface area contributed by atoms with Crippen molar-refractivity contribution in [3.8, 4) is 32.0 Å². The third-order valence-electron chi connectivity index (χ3n) is 14.1. The van der Waals surface area contributed by atoms with Gasteiger partial charge in [0.05, 0.1) is 15.8 Å². The van der Waals surface area contributed by atoms with Crippen LogP contribution in [-0.4, -0.2) is 8.07 Å². The predicted octanol–water partition coefficient (Wildman–Crippen LogP) is 14.0. The molecule has 274 valence electrons. The van der Waals surface area contributed by atoms with Crippen LogP contribution in [0.15, 0.2) is 150 Å². The quantitative estimate of drug-likeness (QED) is 0.161. The molecule has 0 N–H and O–H groups in total. The van der Waals surface area contributed by atoms with Crippen molar-refractivity contribution in [3.05, 3.63) is 184 Å². The molecule has 14 rings (SSSR count). The lowest BCUT2D eigenvalue weighted by molar-refractivity contribution is 0.779. The normalized spacial score (nSPS) is 15.6. The molecule has 0 saturated carbocycles. The highest BCUT2D eigenvalue weighted by molar-refractivity contribution is 7.27. The van der Waals surface area contributed by atoms with E-state index < -0.39 is 8.07 Å². The van der Waals surface area contributed by atoms with Gasteiger partial charge in [-0.15, -0.1) is 34.0 Å². The fraction of sp³-hybridized carbons (Fsp3) is 0.0943. The van der Waals surface area contributed by atoms with E-state index in [0.717, 1.165) is 12.8 Å². The monoisotopic (exact) mass is 809 g/mol. The first kappa shape index (κ1) is 32.4. The second-order valence-electron chi connectivity index (χ2n) is 17.1. The minimum absolute atomic E-state index is 0.339. The number of para-hydroxylation sites is 1. The molecule has 58 heavy (non-hydrogen) atoms. The number of hydrogen-bond donors (Lipinski definition) is 0. The number of thiophene rings is 3. The fourth-order valence-electron chi connectivity index (χ4n) is 11.7. The lowest BCUT2D eigenvalue weighted by Gasteiger charge is -2.39. The van der Waals surface area contributed by atoms with Gasteiger partial charge < -0.3 is 4.90 Å². The van der Waals surface area contributed by atoms with Crippen molar-refractivity contribution in [2.24, 2.45) is 0 Å². The SMILES string of the molecule is C[Si]1(C)c2ccccc2-c2ccc(N(c3ccccc3)c3cccc4c3sc3c5c(ccc34)C3(c4ccsc4-c4sccc43)c3ccc4c6c(ccc-5c36)CC4)cc21. The molecule has 1 spiro atoms. The van der Waals surface area contributed by atoms with Crippen molar-refractivity contribution in [1.29, 1.82) is 0 Å². The van der Waals surface area contributed by atoms with Crippen molar-refractivity contribution in [2.75, 3.05) is 4.90 Å². The standard InChI is InChI=1S/C53H35NS3Si/c1-58(2)44-14-7-6-11-34(44)35-21-19-33(29-45(35)58)54(32-9-4-3-5-10-32)43-13-8-12-36-37-22-24-40-48(50(37)57-49(36)43)38-20-17-30-15-16-31-18-23-39(47(38)46(30)31)53(40)41-25-27-55-51(41)52-42(53)26-28-56-52/h3-14,17-29H,15-16H2,1-2H3. The Morgan fingerprint density at radius 3 is 2.02 bits per heavy atom. The van der Waals surface area contributed by atoms with Gasteiger partial charge in [0.25, 0.3) is 0 Å². The number of fused-ring (bicyclic) bond motifs is 16. The zero-order valence-corrected chi connectivity index (χ0v) is 35.5. The maximum absolute atomic E-state index is 2.53. The number of benzene rings is 7. The van der Waals surface area contributed by atoms with E-state index in [1.807, 2.05) is 34.0 Å². The highest BCUT2D eigenvalue weighted by atomic mass is 32.1. The summed E-state index contributed by atoms with van der Waals surface area (Å²) in [6.45, 7) is 5.04. The minimum Gasteiger partial charge on any atom is -0.309 e. The smallest absolute Gasteiger partial charge is 0.113 e. The molecule has 1 aliphatic heterocycles. The molecule has 5 heteroatoms. The van der Waals surface area contributed by atoms with Crippen LogP contribution in [0.4, 0.5) is 17.1 Å². The Morgan fingerprint density at radius 1 is 0.517 bits per heavy atom. The second-order valence-corrected chi connectivity index (χ2v) is 24.2. The molecule has 3 aromatic heterocycles. The van der Waals surface area contributed by atoms with E-state index >= 15 is 0 Å². The molecule has 7 aromatic carbocycles. The van der Waals surface area contributed by atoms with Gasteiger partial charge in [0.2, 0.25) is 0 Å². The molecular formula is C53H35NS3Si. The van der Waals surface area contributed by atoms with Gasteiger partial charge in [-0.2, -0.15) is 0 Å². The summed E-state index contributed by atoms with van der Waals surface area (Å²) in [6.07, 6.45) is 2.26. The van der Waals surface area contributed by atoms with Crippen LogP contribution in [-0.2, 0) is 18.3 Å². The molecule has 0 fully saturated rings. The Hall–Kier alpha value is -5.56. The maximum Gasteiger partial charge on any atom is 0.113 e. The number of nitrogens with zero attached hydrogens (tertiary/aromatic N) is 1. The molecule has 3 aliphatic carbocycles. The molecule has 0 bridgehead atoms. The molecule has 0 unspecified atom stereocenters. The van der Waals surface area contributed by atoms with Crippen LogP contribution < -0.4 is 15.3 Å². The van der Waals surface area contributed by atoms with Crippen molar-refractivity contribution in [1.82, 2.24) is 0 Å². The number of aryl methyl sites for hydroxylation is 2. The molecule has 10 aromatic rings. The summed E-state index contributed by atoms with van der Waals surface area (Å²) in [7, 11) is -1.89. The largest absolute Gasteiger partial charge is 0.309 e. The van der Waals surface area contributed by atoms with Gasteiger partial charge in [-0.3, -0.25) is 0 Å². The van der Waals surface area contributed by atoms with E-state index in [0.29, 0.717) is 0 Å². The Labute approximate surface area is 350 Å². The number of rotatable bonds is 3. The molecular weight excluding hydrogens is 775 g/mol. The van der Waals surface area contributed by atoms with Crippen molar-refractivity contribution < 1.29 is 0 Å². The van der Waals surface area contributed by atoms with E-state index in [-0.39, 0.29) is 5.41 Å². The van der Waals surface area contributed by atoms with Crippen LogP contribution >= 0.6 is 34.0 Å². The third-order valence-corrected chi connectivity index (χ3v) is 20.9. The molecule has 4 aliphatic rings. The molecule has 1 nitrogen and oxygen atoms in total. The first-order valence-corrected chi connectivity index (χ1v) is 25.9. The maximum atomic E-state index is 2.53. The summed E-state index contributed by atoms with van der Waals surface area (Å²) in [5.74, 6) is 0. The first-order chi connectivity index (χ1) is 28.5. The first-order valence-electron chi connectivity index (χ1n) is 20.4. The summed E-state index contributed by atoms with van der Waals surface area (Å²) in [5.41, 5.74) is 17.8. The lowest BCUT2D eigenvalue weighted by atomic mass is 9.61. The van der Waals surface area contributed by atoms with Crippen molar-refractivity contribution in [3.63, 3.8) is 0 Å². The lowest BCUT2D eigenvalue weighted by Crippen LogP contribution is -2.49. The second kappa shape index (κ2) is 11.1. The molecule has 0 radical (unpaired) electrons. The third kappa shape index (κ3) is 3.79. The van der Waals surface area contributed by atoms with Gasteiger partial charge in [-0.25, -0.2) is 0 Å². The van der Waals surface area contributed by atoms with Gasteiger partial charge in [0.15, 0.2) is 0 Å². The Kier molecular flexibility index (Phi) is 6.22. The summed E-state index contributed by atoms with van der Waals surface area (Å²) in [6, 6.07) is 54.2. The highest BCUT2D eigenvalue weighted by Crippen LogP contribution is 2.66. The summed E-state index contributed by atoms with van der Waals surface area (Å²) < 4.78 is 2.73. The summed E-state index contributed by atoms with van der Waals surface area (Å²) >= 11 is 5.83. The van der Waals surface area contributed by atoms with E-state index in [1.165, 1.54) is 119 Å². The van der Waals surface area contributed by atoms with Crippen molar-refractivity contribution >= 4 is 100 Å². The van der Waals surface area contributed by atoms with Crippen LogP contribution in [0.25, 0.3) is 63.0 Å². The van der Waals surface area contributed by atoms with Gasteiger partial charge >= 0.3 is 0 Å². The minimum atomic E-state index is -1.89. The van der Waals surface area contributed by atoms with E-state index in [4.69, 9.17) is 0 Å². The zero-order valence-electron chi connectivity index (χ0n) is 32.0. The topological polar surface area (TPSA) is 3.24 Å². The van der Waals surface area contributed by atoms with Crippen LogP contribution in [0, 0.1) is 0 Å². The molecule has 0 amide bonds. The van der Waals surface area contributed by atoms with Crippen LogP contribution in [0.2, 0.25) is 13.1 Å². The number of hydrogen-bond acceptors (Lipinski definition) is 4. The molecule has 0 atom stereocenters. The molecule has 4 heterocycles. The van der Waals surface area contributed by atoms with Gasteiger partial charge in [-0.05, 0) is 137 Å². The average molecular weight is 810 g/mol. The Balaban J connectivity index is 1.07. The van der Waals surface area contributed by atoms with Crippen LogP contribution in [0.1, 0.15) is 33.4 Å². The van der Waals surface area contributed by atoms with Gasteiger partial charge in [-0.1, -0.05) is 110 Å². The van der Waals surface area contributed by atoms with E-state index in [9.17, 15) is 0 Å². The van der Waals surface area contributed by atoms with E-state index in [2.05, 4.69) is 168 Å². The Bertz CT molecular complexity index is 3400. The van der Waals surface area contributed by atoms with Crippen LogP contribution in [0.5, 0.6) is 0 Å². The summed E-state index contributed by atoms with van der Waals surface area (Å²) in [5, 5.41) is 13.4. The van der Waals surface area contributed by atoms with Gasteiger partial charge in [0, 0.05) is 42.2 Å². The van der Waals surface area contributed by atoms with Gasteiger partial charge in [0.1, 0.15) is 8.07 Å².